The molecule has 0 unspecified atom stereocenters. The maximum Gasteiger partial charge on any atom is 0.251 e. The van der Waals surface area contributed by atoms with Gasteiger partial charge in [0.1, 0.15) is 5.75 Å². The molecule has 22 heavy (non-hydrogen) atoms. The molecule has 116 valence electrons. The Morgan fingerprint density at radius 2 is 1.86 bits per heavy atom. The van der Waals surface area contributed by atoms with Crippen molar-refractivity contribution in [1.29, 1.82) is 0 Å². The fourth-order valence-electron chi connectivity index (χ4n) is 2.47. The Hall–Kier alpha value is -2.36. The summed E-state index contributed by atoms with van der Waals surface area (Å²) in [6.45, 7) is 9.79. The van der Waals surface area contributed by atoms with E-state index in [0.717, 1.165) is 40.3 Å². The Kier molecular flexibility index (Phi) is 4.81. The van der Waals surface area contributed by atoms with Gasteiger partial charge in [-0.2, -0.15) is 5.10 Å². The van der Waals surface area contributed by atoms with E-state index < -0.39 is 0 Å². The molecule has 0 bridgehead atoms. The minimum absolute atomic E-state index is 0.0290. The molecule has 4 nitrogen and oxygen atoms in total. The van der Waals surface area contributed by atoms with Crippen molar-refractivity contribution in [3.63, 3.8) is 0 Å². The largest absolute Gasteiger partial charge is 0.497 e. The summed E-state index contributed by atoms with van der Waals surface area (Å²) >= 11 is 0. The van der Waals surface area contributed by atoms with E-state index in [1.54, 1.807) is 7.11 Å². The molecule has 0 saturated heterocycles. The first-order valence-electron chi connectivity index (χ1n) is 7.28. The second kappa shape index (κ2) is 6.60. The lowest BCUT2D eigenvalue weighted by Crippen LogP contribution is -2.16. The van der Waals surface area contributed by atoms with Gasteiger partial charge in [-0.1, -0.05) is 24.3 Å². The topological polar surface area (TPSA) is 44.1 Å². The van der Waals surface area contributed by atoms with E-state index in [-0.39, 0.29) is 5.91 Å². The fraction of sp³-hybridized carbons (Fsp3) is 0.333. The summed E-state index contributed by atoms with van der Waals surface area (Å²) in [6.07, 6.45) is 1.08. The first kappa shape index (κ1) is 16.0. The van der Waals surface area contributed by atoms with Crippen LogP contribution in [0.3, 0.4) is 0 Å². The van der Waals surface area contributed by atoms with Crippen LogP contribution in [-0.4, -0.2) is 22.8 Å². The number of nitrogens with zero attached hydrogens (tertiary/aromatic N) is 2. The average Bonchev–Trinajstić information content (AvgIpc) is 2.76. The molecule has 2 aromatic rings. The lowest BCUT2D eigenvalue weighted by molar-refractivity contribution is 0.0895. The fourth-order valence-corrected chi connectivity index (χ4v) is 2.47. The van der Waals surface area contributed by atoms with Gasteiger partial charge >= 0.3 is 0 Å². The zero-order valence-electron chi connectivity index (χ0n) is 13.6. The van der Waals surface area contributed by atoms with Crippen molar-refractivity contribution in [2.75, 3.05) is 7.11 Å². The second-order valence-electron chi connectivity index (χ2n) is 5.61. The summed E-state index contributed by atoms with van der Waals surface area (Å²) in [5, 5.41) is 4.39. The number of ether oxygens (including phenoxy) is 1. The molecule has 0 amide bonds. The lowest BCUT2D eigenvalue weighted by atomic mass is 10.1. The number of aryl methyl sites for hydroxylation is 1. The van der Waals surface area contributed by atoms with Crippen molar-refractivity contribution in [1.82, 2.24) is 9.78 Å². The monoisotopic (exact) mass is 298 g/mol. The third-order valence-electron chi connectivity index (χ3n) is 3.67. The Bertz CT molecular complexity index is 697. The molecular weight excluding hydrogens is 276 g/mol. The molecule has 1 aromatic heterocycles. The molecule has 0 radical (unpaired) electrons. The Morgan fingerprint density at radius 3 is 2.41 bits per heavy atom. The summed E-state index contributed by atoms with van der Waals surface area (Å²) < 4.78 is 6.63. The van der Waals surface area contributed by atoms with Gasteiger partial charge in [-0.05, 0) is 44.9 Å². The van der Waals surface area contributed by atoms with E-state index in [4.69, 9.17) is 4.74 Å². The smallest absolute Gasteiger partial charge is 0.251 e. The average molecular weight is 298 g/mol. The van der Waals surface area contributed by atoms with Gasteiger partial charge in [0.15, 0.2) is 0 Å². The predicted molar refractivity (Wildman–Crippen MR) is 87.5 cm³/mol. The highest BCUT2D eigenvalue weighted by atomic mass is 16.5. The summed E-state index contributed by atoms with van der Waals surface area (Å²) in [5.41, 5.74) is 4.89. The number of carbonyl (C=O) groups excluding carboxylic acids is 1. The van der Waals surface area contributed by atoms with Gasteiger partial charge in [-0.15, -0.1) is 0 Å². The molecule has 0 N–H and O–H groups in total. The van der Waals surface area contributed by atoms with Gasteiger partial charge in [-0.25, -0.2) is 4.68 Å². The van der Waals surface area contributed by atoms with E-state index in [9.17, 15) is 4.79 Å². The predicted octanol–water partition coefficient (Wildman–Crippen LogP) is 3.51. The third kappa shape index (κ3) is 3.45. The van der Waals surface area contributed by atoms with Crippen molar-refractivity contribution >= 4 is 5.91 Å². The van der Waals surface area contributed by atoms with Crippen molar-refractivity contribution in [3.05, 3.63) is 58.9 Å². The molecule has 1 heterocycles. The molecule has 0 fully saturated rings. The Balaban J connectivity index is 2.20. The van der Waals surface area contributed by atoms with E-state index in [1.165, 1.54) is 4.68 Å². The Morgan fingerprint density at radius 1 is 1.23 bits per heavy atom. The number of carbonyl (C=O) groups is 1. The normalized spacial score (nSPS) is 10.5. The number of hydrogen-bond donors (Lipinski definition) is 0. The van der Waals surface area contributed by atoms with Crippen LogP contribution in [0.4, 0.5) is 0 Å². The molecule has 0 atom stereocenters. The molecule has 0 aliphatic heterocycles. The van der Waals surface area contributed by atoms with Crippen LogP contribution < -0.4 is 4.74 Å². The quantitative estimate of drug-likeness (QED) is 0.793. The van der Waals surface area contributed by atoms with E-state index in [0.29, 0.717) is 6.42 Å². The lowest BCUT2D eigenvalue weighted by Gasteiger charge is -2.06. The number of hydrogen-bond acceptors (Lipinski definition) is 3. The maximum absolute atomic E-state index is 12.5. The maximum atomic E-state index is 12.5. The number of methoxy groups -OCH3 is 1. The highest BCUT2D eigenvalue weighted by Gasteiger charge is 2.16. The van der Waals surface area contributed by atoms with Crippen molar-refractivity contribution in [2.45, 2.75) is 33.6 Å². The van der Waals surface area contributed by atoms with Gasteiger partial charge in [0.25, 0.3) is 5.91 Å². The SMILES string of the molecule is C=C(C)Cc1c(C)nn(C(=O)Cc2ccc(OC)cc2)c1C. The van der Waals surface area contributed by atoms with Gasteiger partial charge in [0, 0.05) is 11.3 Å². The van der Waals surface area contributed by atoms with Crippen LogP contribution in [0.25, 0.3) is 0 Å². The Labute approximate surface area is 131 Å². The van der Waals surface area contributed by atoms with Gasteiger partial charge in [0.2, 0.25) is 0 Å². The van der Waals surface area contributed by atoms with Crippen molar-refractivity contribution in [3.8, 4) is 5.75 Å². The van der Waals surface area contributed by atoms with Crippen LogP contribution in [0.1, 0.15) is 34.2 Å². The summed E-state index contributed by atoms with van der Waals surface area (Å²) in [6, 6.07) is 7.51. The first-order chi connectivity index (χ1) is 10.4. The van der Waals surface area contributed by atoms with Crippen LogP contribution in [-0.2, 0) is 12.8 Å². The van der Waals surface area contributed by atoms with E-state index in [2.05, 4.69) is 11.7 Å². The van der Waals surface area contributed by atoms with Crippen LogP contribution in [0.15, 0.2) is 36.4 Å². The van der Waals surface area contributed by atoms with Gasteiger partial charge in [0.05, 0.1) is 19.2 Å². The second-order valence-corrected chi connectivity index (χ2v) is 5.61. The number of benzene rings is 1. The highest BCUT2D eigenvalue weighted by Crippen LogP contribution is 2.18. The molecule has 0 spiro atoms. The van der Waals surface area contributed by atoms with E-state index >= 15 is 0 Å². The minimum Gasteiger partial charge on any atom is -0.497 e. The van der Waals surface area contributed by atoms with Crippen molar-refractivity contribution < 1.29 is 9.53 Å². The van der Waals surface area contributed by atoms with Gasteiger partial charge in [-0.3, -0.25) is 4.79 Å². The zero-order valence-corrected chi connectivity index (χ0v) is 13.6. The number of allylic oxidation sites excluding steroid dienone is 1. The van der Waals surface area contributed by atoms with Gasteiger partial charge < -0.3 is 4.74 Å². The molecule has 2 rings (SSSR count). The van der Waals surface area contributed by atoms with Crippen LogP contribution in [0, 0.1) is 13.8 Å². The third-order valence-corrected chi connectivity index (χ3v) is 3.67. The van der Waals surface area contributed by atoms with Crippen LogP contribution in [0.2, 0.25) is 0 Å². The minimum atomic E-state index is -0.0290. The standard InChI is InChI=1S/C18H22N2O2/c1-12(2)10-17-13(3)19-20(14(17)4)18(21)11-15-6-8-16(22-5)9-7-15/h6-9H,1,10-11H2,2-5H3. The summed E-state index contributed by atoms with van der Waals surface area (Å²) in [7, 11) is 1.62. The summed E-state index contributed by atoms with van der Waals surface area (Å²) in [5.74, 6) is 0.754. The zero-order chi connectivity index (χ0) is 16.3. The molecule has 0 saturated carbocycles. The summed E-state index contributed by atoms with van der Waals surface area (Å²) in [4.78, 5) is 12.5. The number of rotatable bonds is 5. The molecular formula is C18H22N2O2. The highest BCUT2D eigenvalue weighted by molar-refractivity contribution is 5.81. The van der Waals surface area contributed by atoms with E-state index in [1.807, 2.05) is 45.0 Å². The molecule has 0 aliphatic rings. The molecule has 4 heteroatoms. The first-order valence-corrected chi connectivity index (χ1v) is 7.28. The molecule has 0 aliphatic carbocycles. The molecule has 1 aromatic carbocycles. The van der Waals surface area contributed by atoms with Crippen LogP contribution in [0.5, 0.6) is 5.75 Å². The van der Waals surface area contributed by atoms with Crippen LogP contribution >= 0.6 is 0 Å². The number of aromatic nitrogens is 2. The van der Waals surface area contributed by atoms with Crippen molar-refractivity contribution in [2.24, 2.45) is 0 Å².